The van der Waals surface area contributed by atoms with Gasteiger partial charge in [-0.15, -0.1) is 5.10 Å². The maximum atomic E-state index is 13.3. The Bertz CT molecular complexity index is 928. The second kappa shape index (κ2) is 8.30. The van der Waals surface area contributed by atoms with Crippen LogP contribution in [0.3, 0.4) is 0 Å². The highest BCUT2D eigenvalue weighted by Gasteiger charge is 2.22. The number of tetrazole rings is 1. The van der Waals surface area contributed by atoms with Crippen LogP contribution in [0.4, 0.5) is 4.39 Å². The molecule has 1 heterocycles. The third kappa shape index (κ3) is 4.71. The van der Waals surface area contributed by atoms with Crippen LogP contribution >= 0.6 is 11.8 Å². The van der Waals surface area contributed by atoms with Crippen molar-refractivity contribution in [1.82, 2.24) is 25.1 Å². The molecule has 0 bridgehead atoms. The molecule has 140 valence electrons. The molecule has 1 aromatic heterocycles. The van der Waals surface area contributed by atoms with E-state index in [0.717, 1.165) is 16.8 Å². The smallest absolute Gasteiger partial charge is 0.235 e. The number of nitrogens with zero attached hydrogens (tertiary/aromatic N) is 5. The molecule has 3 rings (SSSR count). The first kappa shape index (κ1) is 19.0. The van der Waals surface area contributed by atoms with Gasteiger partial charge in [0.05, 0.1) is 10.9 Å². The van der Waals surface area contributed by atoms with Gasteiger partial charge in [-0.1, -0.05) is 41.6 Å². The van der Waals surface area contributed by atoms with E-state index in [9.17, 15) is 9.18 Å². The Balaban J connectivity index is 1.68. The molecule has 0 radical (unpaired) electrons. The van der Waals surface area contributed by atoms with E-state index < -0.39 is 5.25 Å². The van der Waals surface area contributed by atoms with Gasteiger partial charge in [0, 0.05) is 13.6 Å². The summed E-state index contributed by atoms with van der Waals surface area (Å²) in [5.41, 5.74) is 2.72. The van der Waals surface area contributed by atoms with Gasteiger partial charge < -0.3 is 4.90 Å². The number of hydrogen-bond donors (Lipinski definition) is 0. The summed E-state index contributed by atoms with van der Waals surface area (Å²) in [5, 5.41) is 11.9. The highest BCUT2D eigenvalue weighted by molar-refractivity contribution is 8.00. The molecule has 3 aromatic rings. The highest BCUT2D eigenvalue weighted by Crippen LogP contribution is 2.24. The van der Waals surface area contributed by atoms with Crippen molar-refractivity contribution in [3.63, 3.8) is 0 Å². The Hall–Kier alpha value is -2.74. The minimum atomic E-state index is -0.390. The van der Waals surface area contributed by atoms with E-state index >= 15 is 0 Å². The first-order valence-corrected chi connectivity index (χ1v) is 9.33. The molecule has 0 aliphatic rings. The fourth-order valence-corrected chi connectivity index (χ4v) is 3.53. The van der Waals surface area contributed by atoms with Crippen molar-refractivity contribution in [2.75, 3.05) is 7.05 Å². The minimum Gasteiger partial charge on any atom is -0.340 e. The molecular formula is C19H20FN5OS. The molecule has 0 saturated heterocycles. The van der Waals surface area contributed by atoms with Crippen molar-refractivity contribution in [2.45, 2.75) is 30.8 Å². The molecule has 0 aliphatic carbocycles. The average molecular weight is 385 g/mol. The molecular weight excluding hydrogens is 365 g/mol. The first-order valence-electron chi connectivity index (χ1n) is 8.45. The van der Waals surface area contributed by atoms with E-state index in [0.29, 0.717) is 11.7 Å². The van der Waals surface area contributed by atoms with Gasteiger partial charge in [0.15, 0.2) is 0 Å². The van der Waals surface area contributed by atoms with E-state index in [4.69, 9.17) is 0 Å². The molecule has 1 atom stereocenters. The fraction of sp³-hybridized carbons (Fsp3) is 0.263. The van der Waals surface area contributed by atoms with Crippen molar-refractivity contribution in [1.29, 1.82) is 0 Å². The number of rotatable bonds is 6. The van der Waals surface area contributed by atoms with Crippen LogP contribution in [0.5, 0.6) is 0 Å². The monoisotopic (exact) mass is 385 g/mol. The van der Waals surface area contributed by atoms with E-state index in [1.165, 1.54) is 23.9 Å². The fourth-order valence-electron chi connectivity index (χ4n) is 2.61. The number of carbonyl (C=O) groups is 1. The van der Waals surface area contributed by atoms with Gasteiger partial charge in [-0.2, -0.15) is 4.68 Å². The number of thioether (sulfide) groups is 1. The van der Waals surface area contributed by atoms with Crippen molar-refractivity contribution in [3.05, 3.63) is 65.5 Å². The van der Waals surface area contributed by atoms with Gasteiger partial charge in [0.1, 0.15) is 5.82 Å². The van der Waals surface area contributed by atoms with E-state index in [1.807, 2.05) is 38.1 Å². The van der Waals surface area contributed by atoms with Gasteiger partial charge in [0.2, 0.25) is 11.1 Å². The Morgan fingerprint density at radius 2 is 2.00 bits per heavy atom. The van der Waals surface area contributed by atoms with Crippen LogP contribution in [0.25, 0.3) is 5.69 Å². The third-order valence-electron chi connectivity index (χ3n) is 4.03. The van der Waals surface area contributed by atoms with Gasteiger partial charge in [-0.3, -0.25) is 4.79 Å². The zero-order valence-electron chi connectivity index (χ0n) is 15.3. The van der Waals surface area contributed by atoms with Crippen LogP contribution in [0.1, 0.15) is 18.1 Å². The molecule has 2 aromatic carbocycles. The summed E-state index contributed by atoms with van der Waals surface area (Å²) < 4.78 is 14.9. The SMILES string of the molecule is Cc1ccc(-n2nnnc2SC(C)C(=O)N(C)Cc2cccc(F)c2)cc1. The summed E-state index contributed by atoms with van der Waals surface area (Å²) in [6.07, 6.45) is 0. The van der Waals surface area contributed by atoms with E-state index in [-0.39, 0.29) is 11.7 Å². The molecule has 0 saturated carbocycles. The second-order valence-corrected chi connectivity index (χ2v) is 7.60. The number of hydrogen-bond acceptors (Lipinski definition) is 5. The molecule has 1 amide bonds. The molecule has 0 spiro atoms. The summed E-state index contributed by atoms with van der Waals surface area (Å²) in [4.78, 5) is 14.3. The lowest BCUT2D eigenvalue weighted by Gasteiger charge is -2.21. The van der Waals surface area contributed by atoms with Gasteiger partial charge in [-0.25, -0.2) is 4.39 Å². The normalized spacial score (nSPS) is 12.0. The van der Waals surface area contributed by atoms with Crippen LogP contribution in [-0.4, -0.2) is 43.3 Å². The molecule has 8 heteroatoms. The zero-order chi connectivity index (χ0) is 19.4. The molecule has 0 aliphatic heterocycles. The lowest BCUT2D eigenvalue weighted by molar-refractivity contribution is -0.129. The van der Waals surface area contributed by atoms with Crippen LogP contribution in [0.15, 0.2) is 53.7 Å². The Kier molecular flexibility index (Phi) is 5.85. The lowest BCUT2D eigenvalue weighted by Crippen LogP contribution is -2.33. The molecule has 0 N–H and O–H groups in total. The molecule has 1 unspecified atom stereocenters. The van der Waals surface area contributed by atoms with Crippen molar-refractivity contribution < 1.29 is 9.18 Å². The topological polar surface area (TPSA) is 63.9 Å². The number of aryl methyl sites for hydroxylation is 1. The quantitative estimate of drug-likeness (QED) is 0.610. The number of carbonyl (C=O) groups excluding carboxylic acids is 1. The summed E-state index contributed by atoms with van der Waals surface area (Å²) in [7, 11) is 1.70. The lowest BCUT2D eigenvalue weighted by atomic mass is 10.2. The number of halogens is 1. The minimum absolute atomic E-state index is 0.0808. The van der Waals surface area contributed by atoms with Crippen LogP contribution in [0, 0.1) is 12.7 Å². The third-order valence-corrected chi connectivity index (χ3v) is 5.05. The maximum absolute atomic E-state index is 13.3. The predicted octanol–water partition coefficient (Wildman–Crippen LogP) is 3.25. The predicted molar refractivity (Wildman–Crippen MR) is 102 cm³/mol. The number of aromatic nitrogens is 4. The number of benzene rings is 2. The Morgan fingerprint density at radius 1 is 1.26 bits per heavy atom. The zero-order valence-corrected chi connectivity index (χ0v) is 16.2. The molecule has 0 fully saturated rings. The van der Waals surface area contributed by atoms with Crippen molar-refractivity contribution >= 4 is 17.7 Å². The number of amides is 1. The van der Waals surface area contributed by atoms with Crippen molar-refractivity contribution in [2.24, 2.45) is 0 Å². The van der Waals surface area contributed by atoms with E-state index in [2.05, 4.69) is 15.5 Å². The van der Waals surface area contributed by atoms with Crippen LogP contribution < -0.4 is 0 Å². The highest BCUT2D eigenvalue weighted by atomic mass is 32.2. The molecule has 6 nitrogen and oxygen atoms in total. The summed E-state index contributed by atoms with van der Waals surface area (Å²) in [6.45, 7) is 4.15. The van der Waals surface area contributed by atoms with E-state index in [1.54, 1.807) is 28.8 Å². The first-order chi connectivity index (χ1) is 12.9. The van der Waals surface area contributed by atoms with Gasteiger partial charge in [0.25, 0.3) is 0 Å². The molecule has 27 heavy (non-hydrogen) atoms. The van der Waals surface area contributed by atoms with Crippen molar-refractivity contribution in [3.8, 4) is 5.69 Å². The Morgan fingerprint density at radius 3 is 2.70 bits per heavy atom. The van der Waals surface area contributed by atoms with Crippen LogP contribution in [0.2, 0.25) is 0 Å². The van der Waals surface area contributed by atoms with Crippen LogP contribution in [-0.2, 0) is 11.3 Å². The maximum Gasteiger partial charge on any atom is 0.235 e. The van der Waals surface area contributed by atoms with Gasteiger partial charge >= 0.3 is 0 Å². The summed E-state index contributed by atoms with van der Waals surface area (Å²) >= 11 is 1.29. The largest absolute Gasteiger partial charge is 0.340 e. The second-order valence-electron chi connectivity index (χ2n) is 6.29. The summed E-state index contributed by atoms with van der Waals surface area (Å²) in [6, 6.07) is 14.1. The Labute approximate surface area is 161 Å². The van der Waals surface area contributed by atoms with Gasteiger partial charge in [-0.05, 0) is 54.1 Å². The standard InChI is InChI=1S/C19H20FN5OS/c1-13-7-9-17(10-8-13)25-19(21-22-23-25)27-14(2)18(26)24(3)12-15-5-4-6-16(20)11-15/h4-11,14H,12H2,1-3H3. The average Bonchev–Trinajstić information content (AvgIpc) is 3.09. The summed E-state index contributed by atoms with van der Waals surface area (Å²) in [5.74, 6) is -0.393.